The van der Waals surface area contributed by atoms with E-state index < -0.39 is 17.8 Å². The molecule has 1 unspecified atom stereocenters. The molecule has 1 rings (SSSR count). The molecule has 0 saturated carbocycles. The Morgan fingerprint density at radius 3 is 2.65 bits per heavy atom. The maximum Gasteiger partial charge on any atom is 0.339 e. The molecule has 0 aromatic heterocycles. The highest BCUT2D eigenvalue weighted by atomic mass is 16.5. The number of carboxylic acids is 1. The van der Waals surface area contributed by atoms with Crippen LogP contribution >= 0.6 is 0 Å². The third kappa shape index (κ3) is 3.48. The minimum atomic E-state index is -1.06. The number of carbonyl (C=O) groups is 2. The first-order chi connectivity index (χ1) is 7.91. The van der Waals surface area contributed by atoms with Gasteiger partial charge in [-0.1, -0.05) is 13.0 Å². The maximum absolute atomic E-state index is 10.9. The Labute approximate surface area is 99.2 Å². The number of amides is 1. The summed E-state index contributed by atoms with van der Waals surface area (Å²) >= 11 is 0. The molecule has 1 aromatic rings. The molecule has 0 aliphatic heterocycles. The van der Waals surface area contributed by atoms with Crippen molar-refractivity contribution in [2.45, 2.75) is 13.8 Å². The number of benzene rings is 1. The Bertz CT molecular complexity index is 442. The summed E-state index contributed by atoms with van der Waals surface area (Å²) in [7, 11) is 0. The van der Waals surface area contributed by atoms with E-state index in [0.29, 0.717) is 0 Å². The van der Waals surface area contributed by atoms with Crippen molar-refractivity contribution in [1.82, 2.24) is 0 Å². The van der Waals surface area contributed by atoms with Crippen molar-refractivity contribution in [3.05, 3.63) is 29.3 Å². The second-order valence-electron chi connectivity index (χ2n) is 3.92. The van der Waals surface area contributed by atoms with Gasteiger partial charge in [-0.2, -0.15) is 0 Å². The highest BCUT2D eigenvalue weighted by molar-refractivity contribution is 5.91. The third-order valence-corrected chi connectivity index (χ3v) is 2.34. The molecular weight excluding hydrogens is 222 g/mol. The molecule has 5 nitrogen and oxygen atoms in total. The van der Waals surface area contributed by atoms with Gasteiger partial charge in [0.15, 0.2) is 0 Å². The van der Waals surface area contributed by atoms with Gasteiger partial charge in [0.1, 0.15) is 11.3 Å². The first kappa shape index (κ1) is 13.0. The average Bonchev–Trinajstić information content (AvgIpc) is 2.25. The molecule has 1 atom stereocenters. The zero-order valence-electron chi connectivity index (χ0n) is 9.77. The molecule has 0 radical (unpaired) electrons. The predicted octanol–water partition coefficient (Wildman–Crippen LogP) is 1.19. The Morgan fingerprint density at radius 1 is 1.47 bits per heavy atom. The van der Waals surface area contributed by atoms with Crippen LogP contribution in [0.2, 0.25) is 0 Å². The number of nitrogens with two attached hydrogens (primary N) is 1. The lowest BCUT2D eigenvalue weighted by atomic mass is 10.1. The molecule has 0 aliphatic rings. The number of carboxylic acid groups (broad SMARTS) is 1. The van der Waals surface area contributed by atoms with Crippen molar-refractivity contribution < 1.29 is 19.4 Å². The van der Waals surface area contributed by atoms with Gasteiger partial charge in [0.2, 0.25) is 5.91 Å². The first-order valence-electron chi connectivity index (χ1n) is 5.18. The molecular formula is C12H15NO4. The lowest BCUT2D eigenvalue weighted by molar-refractivity contribution is -0.122. The monoisotopic (exact) mass is 237 g/mol. The van der Waals surface area contributed by atoms with Gasteiger partial charge in [0.05, 0.1) is 12.5 Å². The summed E-state index contributed by atoms with van der Waals surface area (Å²) in [6.07, 6.45) is 0. The van der Waals surface area contributed by atoms with E-state index in [0.717, 1.165) is 5.56 Å². The molecule has 0 saturated heterocycles. The zero-order valence-corrected chi connectivity index (χ0v) is 9.77. The summed E-state index contributed by atoms with van der Waals surface area (Å²) in [4.78, 5) is 21.8. The Morgan fingerprint density at radius 2 is 2.12 bits per heavy atom. The maximum atomic E-state index is 10.9. The van der Waals surface area contributed by atoms with Crippen LogP contribution in [-0.4, -0.2) is 23.6 Å². The van der Waals surface area contributed by atoms with Gasteiger partial charge in [-0.05, 0) is 24.6 Å². The van der Waals surface area contributed by atoms with Crippen molar-refractivity contribution in [2.24, 2.45) is 11.7 Å². The molecule has 5 heteroatoms. The van der Waals surface area contributed by atoms with E-state index in [1.807, 2.05) is 6.92 Å². The fourth-order valence-corrected chi connectivity index (χ4v) is 1.22. The minimum absolute atomic E-state index is 0.0685. The Kier molecular flexibility index (Phi) is 4.09. The standard InChI is InChI=1S/C12H15NO4/c1-7-3-4-9(12(15)16)10(5-7)17-6-8(2)11(13)14/h3-5,8H,6H2,1-2H3,(H2,13,14)(H,15,16). The average molecular weight is 237 g/mol. The van der Waals surface area contributed by atoms with Crippen LogP contribution < -0.4 is 10.5 Å². The Balaban J connectivity index is 2.85. The number of aromatic carboxylic acids is 1. The molecule has 0 aliphatic carbocycles. The van der Waals surface area contributed by atoms with Gasteiger partial charge in [-0.15, -0.1) is 0 Å². The highest BCUT2D eigenvalue weighted by Gasteiger charge is 2.14. The van der Waals surface area contributed by atoms with Gasteiger partial charge in [-0.25, -0.2) is 4.79 Å². The van der Waals surface area contributed by atoms with Crippen molar-refractivity contribution in [2.75, 3.05) is 6.61 Å². The number of carbonyl (C=O) groups excluding carboxylic acids is 1. The molecule has 0 bridgehead atoms. The number of rotatable bonds is 5. The summed E-state index contributed by atoms with van der Waals surface area (Å²) in [6.45, 7) is 3.52. The quantitative estimate of drug-likeness (QED) is 0.805. The van der Waals surface area contributed by atoms with E-state index >= 15 is 0 Å². The number of ether oxygens (including phenoxy) is 1. The highest BCUT2D eigenvalue weighted by Crippen LogP contribution is 2.20. The lowest BCUT2D eigenvalue weighted by Gasteiger charge is -2.12. The summed E-state index contributed by atoms with van der Waals surface area (Å²) < 4.78 is 5.32. The van der Waals surface area contributed by atoms with Crippen molar-refractivity contribution >= 4 is 11.9 Å². The van der Waals surface area contributed by atoms with E-state index in [2.05, 4.69) is 0 Å². The fourth-order valence-electron chi connectivity index (χ4n) is 1.22. The summed E-state index contributed by atoms with van der Waals surface area (Å²) in [5, 5.41) is 8.96. The second-order valence-corrected chi connectivity index (χ2v) is 3.92. The normalized spacial score (nSPS) is 11.9. The van der Waals surface area contributed by atoms with Crippen molar-refractivity contribution in [1.29, 1.82) is 0 Å². The van der Waals surface area contributed by atoms with E-state index in [4.69, 9.17) is 15.6 Å². The minimum Gasteiger partial charge on any atom is -0.492 e. The van der Waals surface area contributed by atoms with Gasteiger partial charge in [0.25, 0.3) is 0 Å². The van der Waals surface area contributed by atoms with E-state index in [1.54, 1.807) is 19.1 Å². The predicted molar refractivity (Wildman–Crippen MR) is 62.0 cm³/mol. The van der Waals surface area contributed by atoms with Gasteiger partial charge in [-0.3, -0.25) is 4.79 Å². The van der Waals surface area contributed by atoms with Crippen LogP contribution in [0, 0.1) is 12.8 Å². The number of aryl methyl sites for hydroxylation is 1. The van der Waals surface area contributed by atoms with Crippen LogP contribution in [0.25, 0.3) is 0 Å². The van der Waals surface area contributed by atoms with Crippen LogP contribution in [0.5, 0.6) is 5.75 Å². The summed E-state index contributed by atoms with van der Waals surface area (Å²) in [5.74, 6) is -1.75. The topological polar surface area (TPSA) is 89.6 Å². The SMILES string of the molecule is Cc1ccc(C(=O)O)c(OCC(C)C(N)=O)c1. The fraction of sp³-hybridized carbons (Fsp3) is 0.333. The number of hydrogen-bond acceptors (Lipinski definition) is 3. The van der Waals surface area contributed by atoms with Crippen LogP contribution in [0.1, 0.15) is 22.8 Å². The largest absolute Gasteiger partial charge is 0.492 e. The summed E-state index contributed by atoms with van der Waals surface area (Å²) in [6, 6.07) is 4.78. The van der Waals surface area contributed by atoms with Crippen LogP contribution in [0.4, 0.5) is 0 Å². The summed E-state index contributed by atoms with van der Waals surface area (Å²) in [5.41, 5.74) is 6.05. The molecule has 1 aromatic carbocycles. The third-order valence-electron chi connectivity index (χ3n) is 2.34. The lowest BCUT2D eigenvalue weighted by Crippen LogP contribution is -2.26. The molecule has 17 heavy (non-hydrogen) atoms. The zero-order chi connectivity index (χ0) is 13.0. The van der Waals surface area contributed by atoms with Crippen LogP contribution in [-0.2, 0) is 4.79 Å². The Hall–Kier alpha value is -2.04. The van der Waals surface area contributed by atoms with E-state index in [1.165, 1.54) is 6.07 Å². The van der Waals surface area contributed by atoms with Crippen molar-refractivity contribution in [3.8, 4) is 5.75 Å². The van der Waals surface area contributed by atoms with Gasteiger partial charge >= 0.3 is 5.97 Å². The number of hydrogen-bond donors (Lipinski definition) is 2. The second kappa shape index (κ2) is 5.34. The molecule has 92 valence electrons. The smallest absolute Gasteiger partial charge is 0.339 e. The number of primary amides is 1. The van der Waals surface area contributed by atoms with Gasteiger partial charge in [0, 0.05) is 0 Å². The van der Waals surface area contributed by atoms with Crippen LogP contribution in [0.3, 0.4) is 0 Å². The van der Waals surface area contributed by atoms with Crippen molar-refractivity contribution in [3.63, 3.8) is 0 Å². The molecule has 1 amide bonds. The van der Waals surface area contributed by atoms with Crippen LogP contribution in [0.15, 0.2) is 18.2 Å². The van der Waals surface area contributed by atoms with E-state index in [9.17, 15) is 9.59 Å². The first-order valence-corrected chi connectivity index (χ1v) is 5.18. The molecule has 0 heterocycles. The van der Waals surface area contributed by atoms with E-state index in [-0.39, 0.29) is 17.9 Å². The molecule has 0 fully saturated rings. The van der Waals surface area contributed by atoms with Gasteiger partial charge < -0.3 is 15.6 Å². The molecule has 0 spiro atoms. The molecule has 3 N–H and O–H groups in total.